The van der Waals surface area contributed by atoms with Gasteiger partial charge in [-0.1, -0.05) is 25.8 Å². The highest BCUT2D eigenvalue weighted by atomic mass is 16.5. The topological polar surface area (TPSA) is 27.7 Å². The highest BCUT2D eigenvalue weighted by Gasteiger charge is 2.20. The zero-order valence-corrected chi connectivity index (χ0v) is 12.7. The summed E-state index contributed by atoms with van der Waals surface area (Å²) in [5.74, 6) is 2.60. The molecule has 1 aromatic carbocycles. The first-order valence-electron chi connectivity index (χ1n) is 7.20. The largest absolute Gasteiger partial charge is 0.493 e. The lowest BCUT2D eigenvalue weighted by atomic mass is 9.81. The molecule has 1 aromatic rings. The number of rotatable bonds is 5. The Labute approximate surface area is 121 Å². The van der Waals surface area contributed by atoms with E-state index in [1.54, 1.807) is 21.3 Å². The molecule has 0 bridgehead atoms. The standard InChI is InChI=1S/C17H24O3/c1-12(13-8-6-5-7-9-13)14-10-15(18-2)17(20-4)16(11-14)19-3/h10-11,13H,1,5-9H2,2-4H3. The third-order valence-electron chi connectivity index (χ3n) is 4.13. The zero-order valence-electron chi connectivity index (χ0n) is 12.7. The minimum atomic E-state index is 0.576. The van der Waals surface area contributed by atoms with Crippen molar-refractivity contribution in [2.24, 2.45) is 5.92 Å². The lowest BCUT2D eigenvalue weighted by molar-refractivity contribution is 0.324. The zero-order chi connectivity index (χ0) is 14.5. The predicted octanol–water partition coefficient (Wildman–Crippen LogP) is 4.31. The van der Waals surface area contributed by atoms with Crippen LogP contribution in [0.5, 0.6) is 17.2 Å². The summed E-state index contributed by atoms with van der Waals surface area (Å²) in [5, 5.41) is 0. The Balaban J connectivity index is 2.33. The lowest BCUT2D eigenvalue weighted by Crippen LogP contribution is -2.08. The number of hydrogen-bond acceptors (Lipinski definition) is 3. The van der Waals surface area contributed by atoms with Gasteiger partial charge in [-0.05, 0) is 42.0 Å². The van der Waals surface area contributed by atoms with Crippen LogP contribution < -0.4 is 14.2 Å². The van der Waals surface area contributed by atoms with Gasteiger partial charge in [0.1, 0.15) is 0 Å². The van der Waals surface area contributed by atoms with Gasteiger partial charge in [0.05, 0.1) is 21.3 Å². The molecule has 1 fully saturated rings. The van der Waals surface area contributed by atoms with E-state index in [4.69, 9.17) is 14.2 Å². The number of benzene rings is 1. The Morgan fingerprint density at radius 2 is 1.50 bits per heavy atom. The average Bonchev–Trinajstić information content (AvgIpc) is 2.53. The van der Waals surface area contributed by atoms with Crippen LogP contribution in [0.4, 0.5) is 0 Å². The van der Waals surface area contributed by atoms with Crippen molar-refractivity contribution in [3.8, 4) is 17.2 Å². The van der Waals surface area contributed by atoms with E-state index in [0.717, 1.165) is 5.56 Å². The van der Waals surface area contributed by atoms with Crippen molar-refractivity contribution in [3.05, 3.63) is 24.3 Å². The monoisotopic (exact) mass is 276 g/mol. The summed E-state index contributed by atoms with van der Waals surface area (Å²) in [6, 6.07) is 4.00. The van der Waals surface area contributed by atoms with Crippen molar-refractivity contribution in [2.45, 2.75) is 32.1 Å². The summed E-state index contributed by atoms with van der Waals surface area (Å²) in [5.41, 5.74) is 2.27. The van der Waals surface area contributed by atoms with Gasteiger partial charge in [0, 0.05) is 0 Å². The van der Waals surface area contributed by atoms with E-state index in [1.165, 1.54) is 37.7 Å². The van der Waals surface area contributed by atoms with E-state index >= 15 is 0 Å². The summed E-state index contributed by atoms with van der Waals surface area (Å²) < 4.78 is 16.2. The van der Waals surface area contributed by atoms with Crippen molar-refractivity contribution in [3.63, 3.8) is 0 Å². The van der Waals surface area contributed by atoms with Gasteiger partial charge in [-0.3, -0.25) is 0 Å². The maximum absolute atomic E-state index is 5.41. The first-order valence-corrected chi connectivity index (χ1v) is 7.20. The van der Waals surface area contributed by atoms with Crippen LogP contribution in [-0.2, 0) is 0 Å². The number of allylic oxidation sites excluding steroid dienone is 1. The molecule has 0 spiro atoms. The summed E-state index contributed by atoms with van der Waals surface area (Å²) in [6.07, 6.45) is 6.41. The van der Waals surface area contributed by atoms with Crippen LogP contribution in [0.3, 0.4) is 0 Å². The van der Waals surface area contributed by atoms with Gasteiger partial charge < -0.3 is 14.2 Å². The van der Waals surface area contributed by atoms with E-state index in [0.29, 0.717) is 23.2 Å². The molecule has 0 unspecified atom stereocenters. The van der Waals surface area contributed by atoms with Crippen LogP contribution in [0.15, 0.2) is 18.7 Å². The first kappa shape index (κ1) is 14.8. The summed E-state index contributed by atoms with van der Waals surface area (Å²) in [6.45, 7) is 4.30. The Morgan fingerprint density at radius 1 is 0.950 bits per heavy atom. The van der Waals surface area contributed by atoms with Crippen molar-refractivity contribution in [1.82, 2.24) is 0 Å². The molecule has 0 N–H and O–H groups in total. The fourth-order valence-electron chi connectivity index (χ4n) is 2.95. The van der Waals surface area contributed by atoms with Gasteiger partial charge in [0.15, 0.2) is 11.5 Å². The SMILES string of the molecule is C=C(c1cc(OC)c(OC)c(OC)c1)C1CCCCC1. The van der Waals surface area contributed by atoms with Crippen LogP contribution in [0.25, 0.3) is 5.57 Å². The van der Waals surface area contributed by atoms with Crippen LogP contribution in [0.1, 0.15) is 37.7 Å². The van der Waals surface area contributed by atoms with Gasteiger partial charge in [-0.2, -0.15) is 0 Å². The highest BCUT2D eigenvalue weighted by Crippen LogP contribution is 2.42. The summed E-state index contributed by atoms with van der Waals surface area (Å²) in [7, 11) is 4.91. The Morgan fingerprint density at radius 3 is 1.95 bits per heavy atom. The van der Waals surface area contributed by atoms with E-state index in [1.807, 2.05) is 12.1 Å². The van der Waals surface area contributed by atoms with Gasteiger partial charge in [-0.15, -0.1) is 0 Å². The quantitative estimate of drug-likeness (QED) is 0.802. The third-order valence-corrected chi connectivity index (χ3v) is 4.13. The average molecular weight is 276 g/mol. The molecule has 0 heterocycles. The number of ether oxygens (including phenoxy) is 3. The second kappa shape index (κ2) is 6.69. The van der Waals surface area contributed by atoms with Gasteiger partial charge >= 0.3 is 0 Å². The van der Waals surface area contributed by atoms with E-state index in [2.05, 4.69) is 6.58 Å². The van der Waals surface area contributed by atoms with E-state index in [9.17, 15) is 0 Å². The molecule has 0 aromatic heterocycles. The van der Waals surface area contributed by atoms with Crippen LogP contribution in [-0.4, -0.2) is 21.3 Å². The van der Waals surface area contributed by atoms with Crippen molar-refractivity contribution < 1.29 is 14.2 Å². The highest BCUT2D eigenvalue weighted by molar-refractivity contribution is 5.71. The molecule has 0 aliphatic heterocycles. The molecular formula is C17H24O3. The number of methoxy groups -OCH3 is 3. The summed E-state index contributed by atoms with van der Waals surface area (Å²) in [4.78, 5) is 0. The van der Waals surface area contributed by atoms with Crippen molar-refractivity contribution in [1.29, 1.82) is 0 Å². The Hall–Kier alpha value is -1.64. The maximum atomic E-state index is 5.41. The van der Waals surface area contributed by atoms with Crippen molar-refractivity contribution >= 4 is 5.57 Å². The third kappa shape index (κ3) is 2.92. The fourth-order valence-corrected chi connectivity index (χ4v) is 2.95. The molecular weight excluding hydrogens is 252 g/mol. The molecule has 3 heteroatoms. The van der Waals surface area contributed by atoms with Crippen LogP contribution in [0.2, 0.25) is 0 Å². The predicted molar refractivity (Wildman–Crippen MR) is 81.7 cm³/mol. The molecule has 0 radical (unpaired) electrons. The second-order valence-electron chi connectivity index (χ2n) is 5.27. The van der Waals surface area contributed by atoms with Gasteiger partial charge in [0.2, 0.25) is 5.75 Å². The molecule has 1 aliphatic rings. The van der Waals surface area contributed by atoms with Crippen molar-refractivity contribution in [2.75, 3.05) is 21.3 Å². The van der Waals surface area contributed by atoms with Gasteiger partial charge in [0.25, 0.3) is 0 Å². The lowest BCUT2D eigenvalue weighted by Gasteiger charge is -2.25. The minimum Gasteiger partial charge on any atom is -0.493 e. The second-order valence-corrected chi connectivity index (χ2v) is 5.27. The molecule has 0 atom stereocenters. The van der Waals surface area contributed by atoms with E-state index in [-0.39, 0.29) is 0 Å². The molecule has 0 saturated heterocycles. The molecule has 1 aliphatic carbocycles. The molecule has 1 saturated carbocycles. The normalized spacial score (nSPS) is 15.8. The fraction of sp³-hybridized carbons (Fsp3) is 0.529. The summed E-state index contributed by atoms with van der Waals surface area (Å²) >= 11 is 0. The molecule has 20 heavy (non-hydrogen) atoms. The first-order chi connectivity index (χ1) is 9.71. The van der Waals surface area contributed by atoms with Crippen LogP contribution >= 0.6 is 0 Å². The molecule has 2 rings (SSSR count). The molecule has 110 valence electrons. The molecule has 0 amide bonds. The minimum absolute atomic E-state index is 0.576. The smallest absolute Gasteiger partial charge is 0.203 e. The molecule has 3 nitrogen and oxygen atoms in total. The Kier molecular flexibility index (Phi) is 4.94. The van der Waals surface area contributed by atoms with Crippen LogP contribution in [0, 0.1) is 5.92 Å². The van der Waals surface area contributed by atoms with E-state index < -0.39 is 0 Å². The number of hydrogen-bond donors (Lipinski definition) is 0. The maximum Gasteiger partial charge on any atom is 0.203 e. The Bertz CT molecular complexity index is 448. The van der Waals surface area contributed by atoms with Gasteiger partial charge in [-0.25, -0.2) is 0 Å².